The van der Waals surface area contributed by atoms with Crippen LogP contribution in [0.2, 0.25) is 0 Å². The average Bonchev–Trinajstić information content (AvgIpc) is 2.69. The van der Waals surface area contributed by atoms with E-state index in [-0.39, 0.29) is 5.91 Å². The highest BCUT2D eigenvalue weighted by Gasteiger charge is 2.18. The molecule has 0 saturated heterocycles. The molecule has 6 heteroatoms. The Morgan fingerprint density at radius 2 is 1.75 bits per heavy atom. The number of para-hydroxylation sites is 1. The molecule has 1 aliphatic heterocycles. The van der Waals surface area contributed by atoms with Crippen LogP contribution < -0.4 is 14.8 Å². The number of aryl methyl sites for hydroxylation is 2. The van der Waals surface area contributed by atoms with Gasteiger partial charge in [-0.3, -0.25) is 4.79 Å². The first-order valence-electron chi connectivity index (χ1n) is 9.09. The number of nitrogens with one attached hydrogen (secondary N) is 1. The highest BCUT2D eigenvalue weighted by atomic mass is 16.6. The van der Waals surface area contributed by atoms with Crippen molar-refractivity contribution in [3.8, 4) is 11.5 Å². The van der Waals surface area contributed by atoms with Crippen LogP contribution in [0.4, 0.5) is 5.69 Å². The van der Waals surface area contributed by atoms with Crippen molar-refractivity contribution in [2.45, 2.75) is 26.9 Å². The van der Waals surface area contributed by atoms with E-state index < -0.39 is 12.1 Å². The molecule has 3 rings (SSSR count). The second-order valence-electron chi connectivity index (χ2n) is 6.57. The summed E-state index contributed by atoms with van der Waals surface area (Å²) in [6.45, 7) is 6.38. The molecule has 6 nitrogen and oxygen atoms in total. The van der Waals surface area contributed by atoms with E-state index in [4.69, 9.17) is 14.2 Å². The molecule has 0 aromatic heterocycles. The van der Waals surface area contributed by atoms with Crippen molar-refractivity contribution in [1.82, 2.24) is 0 Å². The number of carbonyl (C=O) groups is 2. The molecule has 1 N–H and O–H groups in total. The van der Waals surface area contributed by atoms with Gasteiger partial charge < -0.3 is 19.5 Å². The van der Waals surface area contributed by atoms with Gasteiger partial charge in [-0.15, -0.1) is 0 Å². The summed E-state index contributed by atoms with van der Waals surface area (Å²) in [5.41, 5.74) is 3.41. The normalized spacial score (nSPS) is 13.8. The van der Waals surface area contributed by atoms with Gasteiger partial charge in [-0.1, -0.05) is 24.3 Å². The lowest BCUT2D eigenvalue weighted by molar-refractivity contribution is -0.148. The Morgan fingerprint density at radius 1 is 1.07 bits per heavy atom. The smallest absolute Gasteiger partial charge is 0.331 e. The Balaban J connectivity index is 1.58. The van der Waals surface area contributed by atoms with Gasteiger partial charge >= 0.3 is 5.97 Å². The van der Waals surface area contributed by atoms with E-state index in [9.17, 15) is 9.59 Å². The van der Waals surface area contributed by atoms with E-state index in [2.05, 4.69) is 5.32 Å². The lowest BCUT2D eigenvalue weighted by Crippen LogP contribution is -2.30. The molecule has 1 heterocycles. The van der Waals surface area contributed by atoms with Crippen molar-refractivity contribution in [3.63, 3.8) is 0 Å². The molecule has 0 radical (unpaired) electrons. The zero-order valence-corrected chi connectivity index (χ0v) is 16.2. The summed E-state index contributed by atoms with van der Waals surface area (Å²) in [6.07, 6.45) is 1.97. The van der Waals surface area contributed by atoms with Crippen LogP contribution in [-0.4, -0.2) is 31.2 Å². The number of amides is 1. The van der Waals surface area contributed by atoms with Crippen LogP contribution in [0.1, 0.15) is 23.6 Å². The van der Waals surface area contributed by atoms with Crippen LogP contribution in [0.25, 0.3) is 6.08 Å². The molecule has 2 aromatic rings. The minimum absolute atomic E-state index is 0.376. The number of hydrogen-bond donors (Lipinski definition) is 1. The number of carbonyl (C=O) groups excluding carboxylic acids is 2. The van der Waals surface area contributed by atoms with E-state index in [0.717, 1.165) is 22.4 Å². The third kappa shape index (κ3) is 4.71. The minimum atomic E-state index is -0.920. The number of esters is 1. The largest absolute Gasteiger partial charge is 0.486 e. The average molecular weight is 381 g/mol. The predicted molar refractivity (Wildman–Crippen MR) is 107 cm³/mol. The molecule has 1 atom stereocenters. The standard InChI is InChI=1S/C22H23NO5/c1-14-5-4-6-15(2)21(14)23-22(25)16(3)28-20(24)10-8-17-7-9-18-19(13-17)27-12-11-26-18/h4-10,13,16H,11-12H2,1-3H3,(H,23,25)/b10-8+/t16-/m0/s1. The SMILES string of the molecule is Cc1cccc(C)c1NC(=O)[C@H](C)OC(=O)/C=C/c1ccc2c(c1)OCCO2. The zero-order chi connectivity index (χ0) is 20.1. The summed E-state index contributed by atoms with van der Waals surface area (Å²) in [4.78, 5) is 24.4. The Bertz CT molecular complexity index is 899. The molecule has 0 fully saturated rings. The van der Waals surface area contributed by atoms with E-state index in [1.165, 1.54) is 6.08 Å². The van der Waals surface area contributed by atoms with Gasteiger partial charge in [0.2, 0.25) is 0 Å². The topological polar surface area (TPSA) is 73.9 Å². The van der Waals surface area contributed by atoms with E-state index in [0.29, 0.717) is 24.7 Å². The molecule has 0 bridgehead atoms. The number of ether oxygens (including phenoxy) is 3. The molecular formula is C22H23NO5. The van der Waals surface area contributed by atoms with Crippen LogP contribution in [0, 0.1) is 13.8 Å². The molecule has 28 heavy (non-hydrogen) atoms. The van der Waals surface area contributed by atoms with Gasteiger partial charge in [-0.2, -0.15) is 0 Å². The molecule has 0 aliphatic carbocycles. The van der Waals surface area contributed by atoms with Gasteiger partial charge in [0.25, 0.3) is 5.91 Å². The molecule has 0 spiro atoms. The third-order valence-electron chi connectivity index (χ3n) is 4.37. The monoisotopic (exact) mass is 381 g/mol. The molecule has 1 amide bonds. The van der Waals surface area contributed by atoms with E-state index in [1.54, 1.807) is 25.1 Å². The molecule has 0 unspecified atom stereocenters. The maximum absolute atomic E-state index is 12.3. The van der Waals surface area contributed by atoms with Crippen molar-refractivity contribution < 1.29 is 23.8 Å². The van der Waals surface area contributed by atoms with Crippen molar-refractivity contribution in [1.29, 1.82) is 0 Å². The number of anilines is 1. The highest BCUT2D eigenvalue weighted by molar-refractivity contribution is 5.97. The highest BCUT2D eigenvalue weighted by Crippen LogP contribution is 2.31. The third-order valence-corrected chi connectivity index (χ3v) is 4.37. The lowest BCUT2D eigenvalue weighted by Gasteiger charge is -2.18. The van der Waals surface area contributed by atoms with E-state index >= 15 is 0 Å². The molecule has 2 aromatic carbocycles. The first-order valence-corrected chi connectivity index (χ1v) is 9.09. The number of rotatable bonds is 5. The molecular weight excluding hydrogens is 358 g/mol. The van der Waals surface area contributed by atoms with Crippen LogP contribution in [0.5, 0.6) is 11.5 Å². The first-order chi connectivity index (χ1) is 13.4. The van der Waals surface area contributed by atoms with E-state index in [1.807, 2.05) is 38.1 Å². The number of fused-ring (bicyclic) bond motifs is 1. The van der Waals surface area contributed by atoms with Crippen LogP contribution in [0.3, 0.4) is 0 Å². The second-order valence-corrected chi connectivity index (χ2v) is 6.57. The number of benzene rings is 2. The predicted octanol–water partition coefficient (Wildman–Crippen LogP) is 3.66. The Kier molecular flexibility index (Phi) is 5.99. The maximum Gasteiger partial charge on any atom is 0.331 e. The van der Waals surface area contributed by atoms with Crippen LogP contribution >= 0.6 is 0 Å². The fraction of sp³-hybridized carbons (Fsp3) is 0.273. The Labute approximate surface area is 164 Å². The Morgan fingerprint density at radius 3 is 2.46 bits per heavy atom. The summed E-state index contributed by atoms with van der Waals surface area (Å²) in [6, 6.07) is 11.1. The second kappa shape index (κ2) is 8.61. The summed E-state index contributed by atoms with van der Waals surface area (Å²) in [5, 5.41) is 2.82. The van der Waals surface area contributed by atoms with Gasteiger partial charge in [-0.05, 0) is 55.7 Å². The van der Waals surface area contributed by atoms with Gasteiger partial charge in [0, 0.05) is 11.8 Å². The van der Waals surface area contributed by atoms with Gasteiger partial charge in [-0.25, -0.2) is 4.79 Å². The minimum Gasteiger partial charge on any atom is -0.486 e. The number of hydrogen-bond acceptors (Lipinski definition) is 5. The van der Waals surface area contributed by atoms with Crippen molar-refractivity contribution >= 4 is 23.6 Å². The summed E-state index contributed by atoms with van der Waals surface area (Å²) in [5.74, 6) is 0.350. The zero-order valence-electron chi connectivity index (χ0n) is 16.2. The fourth-order valence-corrected chi connectivity index (χ4v) is 2.83. The Hall–Kier alpha value is -3.28. The first kappa shape index (κ1) is 19.5. The maximum atomic E-state index is 12.3. The van der Waals surface area contributed by atoms with Crippen molar-refractivity contribution in [2.24, 2.45) is 0 Å². The van der Waals surface area contributed by atoms with Crippen molar-refractivity contribution in [3.05, 3.63) is 59.2 Å². The summed E-state index contributed by atoms with van der Waals surface area (Å²) < 4.78 is 16.2. The fourth-order valence-electron chi connectivity index (χ4n) is 2.83. The molecule has 146 valence electrons. The van der Waals surface area contributed by atoms with Gasteiger partial charge in [0.05, 0.1) is 0 Å². The lowest BCUT2D eigenvalue weighted by atomic mass is 10.1. The van der Waals surface area contributed by atoms with Gasteiger partial charge in [0.1, 0.15) is 13.2 Å². The molecule has 0 saturated carbocycles. The van der Waals surface area contributed by atoms with Crippen LogP contribution in [0.15, 0.2) is 42.5 Å². The van der Waals surface area contributed by atoms with Crippen LogP contribution in [-0.2, 0) is 14.3 Å². The summed E-state index contributed by atoms with van der Waals surface area (Å²) >= 11 is 0. The molecule has 1 aliphatic rings. The van der Waals surface area contributed by atoms with Crippen molar-refractivity contribution in [2.75, 3.05) is 18.5 Å². The quantitative estimate of drug-likeness (QED) is 0.632. The van der Waals surface area contributed by atoms with Gasteiger partial charge in [0.15, 0.2) is 17.6 Å². The summed E-state index contributed by atoms with van der Waals surface area (Å²) in [7, 11) is 0.